The molecule has 2 fully saturated rings. The van der Waals surface area contributed by atoms with E-state index < -0.39 is 0 Å². The number of allylic oxidation sites excluding steroid dienone is 3. The molecule has 0 aromatic rings. The topological polar surface area (TPSA) is 0 Å². The Morgan fingerprint density at radius 1 is 0.571 bits per heavy atom. The average Bonchev–Trinajstić information content (AvgIpc) is 2.47. The van der Waals surface area contributed by atoms with Crippen LogP contribution in [0, 0.1) is 0 Å². The summed E-state index contributed by atoms with van der Waals surface area (Å²) in [5.74, 6) is 0. The van der Waals surface area contributed by atoms with Crippen molar-refractivity contribution in [2.45, 2.75) is 64.2 Å². The summed E-state index contributed by atoms with van der Waals surface area (Å²) >= 11 is 0. The van der Waals surface area contributed by atoms with E-state index >= 15 is 0 Å². The van der Waals surface area contributed by atoms with Crippen LogP contribution in [0.4, 0.5) is 0 Å². The standard InChI is InChI=1S/C14H22/c1-12-8-10-14(11-9-12)13-6-4-2-3-5-7-13/h1-11H2. The van der Waals surface area contributed by atoms with Gasteiger partial charge >= 0.3 is 0 Å². The minimum Gasteiger partial charge on any atom is -0.0998 e. The van der Waals surface area contributed by atoms with E-state index in [1.807, 2.05) is 5.57 Å². The van der Waals surface area contributed by atoms with Gasteiger partial charge in [-0.2, -0.15) is 0 Å². The molecule has 0 heterocycles. The highest BCUT2D eigenvalue weighted by Gasteiger charge is 2.14. The molecule has 0 amide bonds. The van der Waals surface area contributed by atoms with E-state index in [2.05, 4.69) is 6.58 Å². The second-order valence-corrected chi connectivity index (χ2v) is 4.87. The Bertz CT molecular complexity index is 223. The van der Waals surface area contributed by atoms with Crippen molar-refractivity contribution in [3.8, 4) is 0 Å². The Labute approximate surface area is 88.1 Å². The predicted molar refractivity (Wildman–Crippen MR) is 62.3 cm³/mol. The maximum Gasteiger partial charge on any atom is -0.0280 e. The van der Waals surface area contributed by atoms with Crippen LogP contribution in [0.25, 0.3) is 0 Å². The van der Waals surface area contributed by atoms with Gasteiger partial charge in [-0.3, -0.25) is 0 Å². The van der Waals surface area contributed by atoms with E-state index in [9.17, 15) is 0 Å². The van der Waals surface area contributed by atoms with Crippen molar-refractivity contribution < 1.29 is 0 Å². The lowest BCUT2D eigenvalue weighted by Crippen LogP contribution is -2.00. The van der Waals surface area contributed by atoms with Gasteiger partial charge < -0.3 is 0 Å². The fraction of sp³-hybridized carbons (Fsp3) is 0.714. The van der Waals surface area contributed by atoms with E-state index in [0.29, 0.717) is 0 Å². The fourth-order valence-electron chi connectivity index (χ4n) is 2.77. The molecule has 0 nitrogen and oxygen atoms in total. The number of hydrogen-bond donors (Lipinski definition) is 0. The molecule has 0 radical (unpaired) electrons. The molecule has 0 saturated heterocycles. The molecule has 14 heavy (non-hydrogen) atoms. The second kappa shape index (κ2) is 4.82. The molecule has 0 heteroatoms. The Hall–Kier alpha value is -0.520. The van der Waals surface area contributed by atoms with E-state index in [1.165, 1.54) is 69.8 Å². The highest BCUT2D eigenvalue weighted by Crippen LogP contribution is 2.33. The van der Waals surface area contributed by atoms with Crippen LogP contribution in [0.3, 0.4) is 0 Å². The first-order valence-electron chi connectivity index (χ1n) is 6.22. The lowest BCUT2D eigenvalue weighted by molar-refractivity contribution is 0.696. The summed E-state index contributed by atoms with van der Waals surface area (Å²) in [4.78, 5) is 0. The van der Waals surface area contributed by atoms with Gasteiger partial charge in [0.05, 0.1) is 0 Å². The SMILES string of the molecule is C=C1CCC(=C2CCCCCC2)CC1. The van der Waals surface area contributed by atoms with Crippen molar-refractivity contribution in [2.24, 2.45) is 0 Å². The van der Waals surface area contributed by atoms with Crippen molar-refractivity contribution in [3.63, 3.8) is 0 Å². The third-order valence-corrected chi connectivity index (χ3v) is 3.77. The van der Waals surface area contributed by atoms with E-state index in [4.69, 9.17) is 0 Å². The Balaban J connectivity index is 2.01. The zero-order valence-electron chi connectivity index (χ0n) is 9.28. The van der Waals surface area contributed by atoms with Crippen LogP contribution >= 0.6 is 0 Å². The molecule has 2 aliphatic carbocycles. The maximum atomic E-state index is 4.09. The highest BCUT2D eigenvalue weighted by molar-refractivity contribution is 5.21. The summed E-state index contributed by atoms with van der Waals surface area (Å²) < 4.78 is 0. The zero-order chi connectivity index (χ0) is 9.80. The molecule has 78 valence electrons. The van der Waals surface area contributed by atoms with Gasteiger partial charge in [-0.25, -0.2) is 0 Å². The van der Waals surface area contributed by atoms with E-state index in [1.54, 1.807) is 5.57 Å². The van der Waals surface area contributed by atoms with Crippen LogP contribution < -0.4 is 0 Å². The van der Waals surface area contributed by atoms with Gasteiger partial charge in [-0.15, -0.1) is 0 Å². The Morgan fingerprint density at radius 2 is 1.07 bits per heavy atom. The van der Waals surface area contributed by atoms with Crippen molar-refractivity contribution in [2.75, 3.05) is 0 Å². The quantitative estimate of drug-likeness (QED) is 0.381. The molecule has 0 bridgehead atoms. The molecule has 0 aromatic heterocycles. The Morgan fingerprint density at radius 3 is 1.64 bits per heavy atom. The average molecular weight is 190 g/mol. The molecule has 0 aliphatic heterocycles. The fourth-order valence-corrected chi connectivity index (χ4v) is 2.77. The molecular formula is C14H22. The Kier molecular flexibility index (Phi) is 3.44. The molecule has 0 unspecified atom stereocenters. The van der Waals surface area contributed by atoms with Gasteiger partial charge in [0.2, 0.25) is 0 Å². The normalized spacial score (nSPS) is 25.0. The van der Waals surface area contributed by atoms with Gasteiger partial charge in [0.25, 0.3) is 0 Å². The van der Waals surface area contributed by atoms with Crippen LogP contribution in [0.15, 0.2) is 23.3 Å². The third-order valence-electron chi connectivity index (χ3n) is 3.77. The zero-order valence-corrected chi connectivity index (χ0v) is 9.28. The minimum absolute atomic E-state index is 1.26. The van der Waals surface area contributed by atoms with Crippen LogP contribution in [0.2, 0.25) is 0 Å². The van der Waals surface area contributed by atoms with Crippen molar-refractivity contribution >= 4 is 0 Å². The summed E-state index contributed by atoms with van der Waals surface area (Å²) in [6.45, 7) is 4.09. The molecule has 0 atom stereocenters. The molecular weight excluding hydrogens is 168 g/mol. The first-order valence-corrected chi connectivity index (χ1v) is 6.22. The summed E-state index contributed by atoms with van der Waals surface area (Å²) in [5, 5.41) is 0. The lowest BCUT2D eigenvalue weighted by atomic mass is 9.86. The smallest absolute Gasteiger partial charge is 0.0280 e. The number of rotatable bonds is 0. The van der Waals surface area contributed by atoms with Gasteiger partial charge in [0, 0.05) is 0 Å². The summed E-state index contributed by atoms with van der Waals surface area (Å²) in [6.07, 6.45) is 13.8. The van der Waals surface area contributed by atoms with Gasteiger partial charge in [-0.1, -0.05) is 36.1 Å². The van der Waals surface area contributed by atoms with Gasteiger partial charge in [0.1, 0.15) is 0 Å². The number of hydrogen-bond acceptors (Lipinski definition) is 0. The molecule has 2 saturated carbocycles. The monoisotopic (exact) mass is 190 g/mol. The largest absolute Gasteiger partial charge is 0.0998 e. The molecule has 0 N–H and O–H groups in total. The van der Waals surface area contributed by atoms with Gasteiger partial charge in [0.15, 0.2) is 0 Å². The van der Waals surface area contributed by atoms with Crippen LogP contribution in [0.5, 0.6) is 0 Å². The summed E-state index contributed by atoms with van der Waals surface area (Å²) in [5.41, 5.74) is 5.11. The first kappa shape index (κ1) is 10.0. The van der Waals surface area contributed by atoms with Crippen molar-refractivity contribution in [3.05, 3.63) is 23.3 Å². The third kappa shape index (κ3) is 2.50. The molecule has 0 aromatic carbocycles. The van der Waals surface area contributed by atoms with Crippen molar-refractivity contribution in [1.29, 1.82) is 0 Å². The van der Waals surface area contributed by atoms with Crippen LogP contribution in [-0.2, 0) is 0 Å². The molecule has 2 aliphatic rings. The first-order chi connectivity index (χ1) is 6.86. The van der Waals surface area contributed by atoms with E-state index in [0.717, 1.165) is 0 Å². The molecule has 0 spiro atoms. The van der Waals surface area contributed by atoms with Crippen LogP contribution in [0.1, 0.15) is 64.2 Å². The highest BCUT2D eigenvalue weighted by atomic mass is 14.2. The predicted octanol–water partition coefficient (Wildman–Crippen LogP) is 4.77. The summed E-state index contributed by atoms with van der Waals surface area (Å²) in [7, 11) is 0. The maximum absolute atomic E-state index is 4.09. The van der Waals surface area contributed by atoms with Crippen LogP contribution in [-0.4, -0.2) is 0 Å². The lowest BCUT2D eigenvalue weighted by Gasteiger charge is -2.20. The van der Waals surface area contributed by atoms with E-state index in [-0.39, 0.29) is 0 Å². The minimum atomic E-state index is 1.26. The van der Waals surface area contributed by atoms with Crippen molar-refractivity contribution in [1.82, 2.24) is 0 Å². The van der Waals surface area contributed by atoms with Gasteiger partial charge in [-0.05, 0) is 51.4 Å². The summed E-state index contributed by atoms with van der Waals surface area (Å²) in [6, 6.07) is 0. The second-order valence-electron chi connectivity index (χ2n) is 4.87. The molecule has 2 rings (SSSR count).